The molecule has 1 aliphatic heterocycles. The van der Waals surface area contributed by atoms with E-state index in [1.54, 1.807) is 36.4 Å². The summed E-state index contributed by atoms with van der Waals surface area (Å²) in [5.74, 6) is 0.631. The number of nitriles is 1. The highest BCUT2D eigenvalue weighted by atomic mass is 16.5. The molecular formula is C24H23N5O4. The molecule has 1 amide bonds. The Hall–Kier alpha value is -4.45. The first-order valence-electron chi connectivity index (χ1n) is 10.4. The monoisotopic (exact) mass is 445 g/mol. The van der Waals surface area contributed by atoms with E-state index < -0.39 is 5.92 Å². The number of H-pyrrole nitrogens is 1. The number of ether oxygens (including phenoxy) is 3. The van der Waals surface area contributed by atoms with Crippen molar-refractivity contribution in [1.82, 2.24) is 10.2 Å². The van der Waals surface area contributed by atoms with Gasteiger partial charge in [-0.3, -0.25) is 9.89 Å². The second kappa shape index (κ2) is 9.36. The van der Waals surface area contributed by atoms with E-state index in [1.807, 2.05) is 26.0 Å². The number of allylic oxidation sites excluding steroid dienone is 1. The zero-order valence-corrected chi connectivity index (χ0v) is 18.2. The molecular weight excluding hydrogens is 422 g/mol. The maximum Gasteiger partial charge on any atom is 0.262 e. The fraction of sp³-hybridized carbons (Fsp3) is 0.208. The number of nitrogens with zero attached hydrogens (tertiary/aromatic N) is 2. The Bertz CT molecular complexity index is 1240. The van der Waals surface area contributed by atoms with Crippen molar-refractivity contribution in [2.45, 2.75) is 19.8 Å². The van der Waals surface area contributed by atoms with E-state index in [4.69, 9.17) is 19.9 Å². The van der Waals surface area contributed by atoms with Crippen LogP contribution in [0.25, 0.3) is 0 Å². The van der Waals surface area contributed by atoms with Crippen molar-refractivity contribution < 1.29 is 19.0 Å². The predicted molar refractivity (Wildman–Crippen MR) is 121 cm³/mol. The highest BCUT2D eigenvalue weighted by Crippen LogP contribution is 2.45. The first kappa shape index (κ1) is 21.8. The lowest BCUT2D eigenvalue weighted by molar-refractivity contribution is -0.118. The number of amides is 1. The quantitative estimate of drug-likeness (QED) is 0.507. The average molecular weight is 445 g/mol. The van der Waals surface area contributed by atoms with E-state index in [0.717, 1.165) is 11.4 Å². The maximum atomic E-state index is 12.5. The van der Waals surface area contributed by atoms with Gasteiger partial charge in [-0.2, -0.15) is 5.26 Å². The zero-order valence-electron chi connectivity index (χ0n) is 18.2. The third kappa shape index (κ3) is 4.45. The number of aromatic nitrogens is 2. The van der Waals surface area contributed by atoms with Crippen molar-refractivity contribution in [2.24, 2.45) is 5.73 Å². The molecule has 0 unspecified atom stereocenters. The molecule has 9 nitrogen and oxygen atoms in total. The van der Waals surface area contributed by atoms with Gasteiger partial charge in [-0.1, -0.05) is 18.2 Å². The zero-order chi connectivity index (χ0) is 23.4. The standard InChI is InChI=1S/C24H23N5O4/c1-3-31-16-10-8-15(9-11-16)27-20(30)13-32-19-7-5-4-6-17(19)22-18(12-25)23(26)33-24-21(22)14(2)28-29-24/h4-11,22H,3,13,26H2,1-2H3,(H,27,30)(H,28,29)/t22-/m0/s1. The van der Waals surface area contributed by atoms with Crippen LogP contribution in [0.15, 0.2) is 60.0 Å². The van der Waals surface area contributed by atoms with Crippen LogP contribution < -0.4 is 25.3 Å². The Labute approximate surface area is 190 Å². The summed E-state index contributed by atoms with van der Waals surface area (Å²) in [5, 5.41) is 19.6. The molecule has 2 heterocycles. The van der Waals surface area contributed by atoms with Gasteiger partial charge in [0.15, 0.2) is 6.61 Å². The molecule has 0 saturated heterocycles. The van der Waals surface area contributed by atoms with Gasteiger partial charge in [0.2, 0.25) is 11.8 Å². The highest BCUT2D eigenvalue weighted by Gasteiger charge is 2.35. The summed E-state index contributed by atoms with van der Waals surface area (Å²) in [6.45, 7) is 4.10. The molecule has 0 bridgehead atoms. The number of nitrogens with two attached hydrogens (primary N) is 1. The van der Waals surface area contributed by atoms with Crippen LogP contribution in [0.2, 0.25) is 0 Å². The van der Waals surface area contributed by atoms with Crippen LogP contribution in [0, 0.1) is 18.3 Å². The van der Waals surface area contributed by atoms with Crippen molar-refractivity contribution in [3.8, 4) is 23.4 Å². The van der Waals surface area contributed by atoms with Crippen LogP contribution in [0.3, 0.4) is 0 Å². The minimum Gasteiger partial charge on any atom is -0.494 e. The Morgan fingerprint density at radius 1 is 1.24 bits per heavy atom. The van der Waals surface area contributed by atoms with Crippen LogP contribution in [-0.4, -0.2) is 29.3 Å². The molecule has 9 heteroatoms. The highest BCUT2D eigenvalue weighted by molar-refractivity contribution is 5.91. The smallest absolute Gasteiger partial charge is 0.262 e. The van der Waals surface area contributed by atoms with Crippen molar-refractivity contribution in [3.05, 3.63) is 76.8 Å². The topological polar surface area (TPSA) is 135 Å². The molecule has 0 radical (unpaired) electrons. The first-order chi connectivity index (χ1) is 16.0. The molecule has 0 fully saturated rings. The molecule has 3 aromatic rings. The number of carbonyl (C=O) groups excluding carboxylic acids is 1. The molecule has 2 aromatic carbocycles. The average Bonchev–Trinajstić information content (AvgIpc) is 3.18. The maximum absolute atomic E-state index is 12.5. The number of hydrogen-bond donors (Lipinski definition) is 3. The molecule has 4 rings (SSSR count). The van der Waals surface area contributed by atoms with Crippen LogP contribution in [0.5, 0.6) is 17.4 Å². The number of para-hydroxylation sites is 1. The number of hydrogen-bond acceptors (Lipinski definition) is 7. The molecule has 1 atom stereocenters. The molecule has 33 heavy (non-hydrogen) atoms. The van der Waals surface area contributed by atoms with Gasteiger partial charge in [-0.25, -0.2) is 0 Å². The molecule has 4 N–H and O–H groups in total. The van der Waals surface area contributed by atoms with Gasteiger partial charge in [0.25, 0.3) is 5.91 Å². The fourth-order valence-electron chi connectivity index (χ4n) is 3.70. The number of rotatable bonds is 7. The predicted octanol–water partition coefficient (Wildman–Crippen LogP) is 3.35. The minimum atomic E-state index is -0.539. The lowest BCUT2D eigenvalue weighted by Gasteiger charge is -2.25. The van der Waals surface area contributed by atoms with Gasteiger partial charge in [-0.05, 0) is 44.2 Å². The molecule has 1 aromatic heterocycles. The second-order valence-corrected chi connectivity index (χ2v) is 7.32. The summed E-state index contributed by atoms with van der Waals surface area (Å²) in [6, 6.07) is 16.4. The van der Waals surface area contributed by atoms with Gasteiger partial charge >= 0.3 is 0 Å². The second-order valence-electron chi connectivity index (χ2n) is 7.32. The van der Waals surface area contributed by atoms with Crippen molar-refractivity contribution in [1.29, 1.82) is 5.26 Å². The summed E-state index contributed by atoms with van der Waals surface area (Å²) in [6.07, 6.45) is 0. The summed E-state index contributed by atoms with van der Waals surface area (Å²) in [4.78, 5) is 12.5. The van der Waals surface area contributed by atoms with Gasteiger partial charge < -0.3 is 25.3 Å². The third-order valence-electron chi connectivity index (χ3n) is 5.17. The summed E-state index contributed by atoms with van der Waals surface area (Å²) < 4.78 is 16.8. The summed E-state index contributed by atoms with van der Waals surface area (Å²) >= 11 is 0. The molecule has 0 saturated carbocycles. The van der Waals surface area contributed by atoms with Crippen LogP contribution >= 0.6 is 0 Å². The van der Waals surface area contributed by atoms with E-state index >= 15 is 0 Å². The SMILES string of the molecule is CCOc1ccc(NC(=O)COc2ccccc2[C@H]2C(C#N)=C(N)Oc3n[nH]c(C)c32)cc1. The Balaban J connectivity index is 1.54. The molecule has 168 valence electrons. The number of aryl methyl sites for hydroxylation is 1. The molecule has 1 aliphatic rings. The van der Waals surface area contributed by atoms with Crippen LogP contribution in [-0.2, 0) is 4.79 Å². The minimum absolute atomic E-state index is 0.00968. The van der Waals surface area contributed by atoms with E-state index in [2.05, 4.69) is 21.6 Å². The van der Waals surface area contributed by atoms with E-state index in [0.29, 0.717) is 35.1 Å². The molecule has 0 aliphatic carbocycles. The molecule has 0 spiro atoms. The number of nitrogens with one attached hydrogen (secondary N) is 2. The lowest BCUT2D eigenvalue weighted by atomic mass is 9.83. The van der Waals surface area contributed by atoms with Crippen LogP contribution in [0.1, 0.15) is 29.7 Å². The van der Waals surface area contributed by atoms with E-state index in [-0.39, 0.29) is 24.0 Å². The van der Waals surface area contributed by atoms with Gasteiger partial charge in [0, 0.05) is 22.5 Å². The first-order valence-corrected chi connectivity index (χ1v) is 10.4. The van der Waals surface area contributed by atoms with Gasteiger partial charge in [0.05, 0.1) is 12.5 Å². The Kier molecular flexibility index (Phi) is 6.17. The fourth-order valence-corrected chi connectivity index (χ4v) is 3.70. The normalized spacial score (nSPS) is 14.6. The number of fused-ring (bicyclic) bond motifs is 1. The number of benzene rings is 2. The van der Waals surface area contributed by atoms with E-state index in [1.165, 1.54) is 0 Å². The summed E-state index contributed by atoms with van der Waals surface area (Å²) in [7, 11) is 0. The Morgan fingerprint density at radius 2 is 2.00 bits per heavy atom. The van der Waals surface area contributed by atoms with E-state index in [9.17, 15) is 10.1 Å². The van der Waals surface area contributed by atoms with Gasteiger partial charge in [-0.15, -0.1) is 5.10 Å². The Morgan fingerprint density at radius 3 is 2.73 bits per heavy atom. The number of anilines is 1. The largest absolute Gasteiger partial charge is 0.494 e. The van der Waals surface area contributed by atoms with Crippen molar-refractivity contribution >= 4 is 11.6 Å². The number of aromatic amines is 1. The summed E-state index contributed by atoms with van der Waals surface area (Å²) in [5.41, 5.74) is 9.01. The lowest BCUT2D eigenvalue weighted by Crippen LogP contribution is -2.23. The van der Waals surface area contributed by atoms with Crippen molar-refractivity contribution in [3.63, 3.8) is 0 Å². The number of carbonyl (C=O) groups is 1. The third-order valence-corrected chi connectivity index (χ3v) is 5.17. The van der Waals surface area contributed by atoms with Crippen LogP contribution in [0.4, 0.5) is 5.69 Å². The van der Waals surface area contributed by atoms with Crippen molar-refractivity contribution in [2.75, 3.05) is 18.5 Å². The van der Waals surface area contributed by atoms with Gasteiger partial charge in [0.1, 0.15) is 23.1 Å².